The Hall–Kier alpha value is -0.840. The van der Waals surface area contributed by atoms with Crippen LogP contribution in [0.25, 0.3) is 11.2 Å². The van der Waals surface area contributed by atoms with Gasteiger partial charge in [0.15, 0.2) is 5.65 Å². The molecule has 0 aliphatic heterocycles. The molecule has 2 aromatic heterocycles. The lowest BCUT2D eigenvalue weighted by molar-refractivity contribution is 0.153. The van der Waals surface area contributed by atoms with Crippen molar-refractivity contribution in [2.45, 2.75) is 31.7 Å². The molecule has 0 amide bonds. The van der Waals surface area contributed by atoms with Gasteiger partial charge in [-0.3, -0.25) is 0 Å². The molecular formula is C13H17Cl2N3O. The third-order valence-corrected chi connectivity index (χ3v) is 3.48. The third kappa shape index (κ3) is 2.86. The van der Waals surface area contributed by atoms with Crippen molar-refractivity contribution in [1.29, 1.82) is 0 Å². The first-order valence-corrected chi connectivity index (χ1v) is 7.06. The Balaban J connectivity index is 2.63. The summed E-state index contributed by atoms with van der Waals surface area (Å²) in [5, 5.41) is 0.379. The average Bonchev–Trinajstić information content (AvgIpc) is 2.74. The summed E-state index contributed by atoms with van der Waals surface area (Å²) in [6, 6.07) is 1.97. The minimum atomic E-state index is -0.195. The molecule has 0 radical (unpaired) electrons. The van der Waals surface area contributed by atoms with E-state index in [1.54, 1.807) is 13.3 Å². The molecule has 0 aliphatic rings. The van der Waals surface area contributed by atoms with Gasteiger partial charge in [0.25, 0.3) is 0 Å². The van der Waals surface area contributed by atoms with Crippen LogP contribution >= 0.6 is 23.2 Å². The van der Waals surface area contributed by atoms with Crippen molar-refractivity contribution in [1.82, 2.24) is 14.5 Å². The SMILES string of the molecule is CCC(COC)n1c(C(C)Cl)nc2cc(Cl)cnc21. The van der Waals surface area contributed by atoms with Crippen LogP contribution < -0.4 is 0 Å². The van der Waals surface area contributed by atoms with Gasteiger partial charge in [-0.1, -0.05) is 18.5 Å². The van der Waals surface area contributed by atoms with Gasteiger partial charge in [0.05, 0.1) is 23.0 Å². The zero-order chi connectivity index (χ0) is 14.0. The third-order valence-electron chi connectivity index (χ3n) is 3.08. The minimum Gasteiger partial charge on any atom is -0.383 e. The van der Waals surface area contributed by atoms with Gasteiger partial charge in [0, 0.05) is 13.3 Å². The summed E-state index contributed by atoms with van der Waals surface area (Å²) in [6.45, 7) is 4.61. The van der Waals surface area contributed by atoms with Crippen molar-refractivity contribution < 1.29 is 4.74 Å². The maximum atomic E-state index is 6.24. The van der Waals surface area contributed by atoms with Gasteiger partial charge >= 0.3 is 0 Å². The molecule has 0 bridgehead atoms. The second-order valence-corrected chi connectivity index (χ2v) is 5.56. The maximum absolute atomic E-state index is 6.24. The van der Waals surface area contributed by atoms with Gasteiger partial charge < -0.3 is 9.30 Å². The van der Waals surface area contributed by atoms with Gasteiger partial charge in [-0.25, -0.2) is 9.97 Å². The Morgan fingerprint density at radius 2 is 2.21 bits per heavy atom. The number of ether oxygens (including phenoxy) is 1. The number of methoxy groups -OCH3 is 1. The molecule has 0 saturated carbocycles. The van der Waals surface area contributed by atoms with Gasteiger partial charge in [0.1, 0.15) is 11.3 Å². The van der Waals surface area contributed by atoms with Crippen molar-refractivity contribution in [2.75, 3.05) is 13.7 Å². The van der Waals surface area contributed by atoms with Crippen LogP contribution in [0.2, 0.25) is 5.02 Å². The molecular weight excluding hydrogens is 285 g/mol. The summed E-state index contributed by atoms with van der Waals surface area (Å²) in [5.41, 5.74) is 1.57. The number of alkyl halides is 1. The summed E-state index contributed by atoms with van der Waals surface area (Å²) in [5.74, 6) is 0.801. The van der Waals surface area contributed by atoms with Crippen molar-refractivity contribution in [2.24, 2.45) is 0 Å². The lowest BCUT2D eigenvalue weighted by Gasteiger charge is -2.19. The highest BCUT2D eigenvalue weighted by Gasteiger charge is 2.21. The largest absolute Gasteiger partial charge is 0.383 e. The van der Waals surface area contributed by atoms with Crippen LogP contribution in [0, 0.1) is 0 Å². The van der Waals surface area contributed by atoms with Gasteiger partial charge in [-0.2, -0.15) is 0 Å². The predicted molar refractivity (Wildman–Crippen MR) is 78.0 cm³/mol. The van der Waals surface area contributed by atoms with Crippen LogP contribution in [0.4, 0.5) is 0 Å². The number of halogens is 2. The van der Waals surface area contributed by atoms with E-state index in [1.807, 2.05) is 13.0 Å². The van der Waals surface area contributed by atoms with Crippen molar-refractivity contribution in [3.05, 3.63) is 23.1 Å². The van der Waals surface area contributed by atoms with E-state index in [4.69, 9.17) is 27.9 Å². The Kier molecular flexibility index (Phi) is 4.66. The first-order chi connectivity index (χ1) is 9.08. The first kappa shape index (κ1) is 14.6. The molecule has 0 aromatic carbocycles. The number of imidazole rings is 1. The Morgan fingerprint density at radius 3 is 2.79 bits per heavy atom. The highest BCUT2D eigenvalue weighted by molar-refractivity contribution is 6.31. The molecule has 0 saturated heterocycles. The second-order valence-electron chi connectivity index (χ2n) is 4.47. The summed E-state index contributed by atoms with van der Waals surface area (Å²) < 4.78 is 7.34. The molecule has 19 heavy (non-hydrogen) atoms. The van der Waals surface area contributed by atoms with Gasteiger partial charge in [0.2, 0.25) is 0 Å². The van der Waals surface area contributed by atoms with Crippen LogP contribution in [0.1, 0.15) is 37.5 Å². The maximum Gasteiger partial charge on any atom is 0.160 e. The van der Waals surface area contributed by atoms with E-state index in [0.717, 1.165) is 23.4 Å². The van der Waals surface area contributed by atoms with E-state index in [-0.39, 0.29) is 11.4 Å². The number of pyridine rings is 1. The molecule has 2 unspecified atom stereocenters. The second kappa shape index (κ2) is 6.07. The van der Waals surface area contributed by atoms with Crippen molar-refractivity contribution in [3.63, 3.8) is 0 Å². The number of hydrogen-bond donors (Lipinski definition) is 0. The van der Waals surface area contributed by atoms with E-state index in [2.05, 4.69) is 21.5 Å². The molecule has 2 heterocycles. The summed E-state index contributed by atoms with van der Waals surface area (Å²) >= 11 is 12.2. The molecule has 0 aliphatic carbocycles. The summed E-state index contributed by atoms with van der Waals surface area (Å²) in [7, 11) is 1.69. The standard InChI is InChI=1S/C13H17Cl2N3O/c1-4-10(7-19-3)18-12(8(2)14)17-11-5-9(15)6-16-13(11)18/h5-6,8,10H,4,7H2,1-3H3. The summed E-state index contributed by atoms with van der Waals surface area (Å²) in [6.07, 6.45) is 2.55. The zero-order valence-electron chi connectivity index (χ0n) is 11.2. The Labute approximate surface area is 122 Å². The number of fused-ring (bicyclic) bond motifs is 1. The van der Waals surface area contributed by atoms with E-state index >= 15 is 0 Å². The number of aromatic nitrogens is 3. The van der Waals surface area contributed by atoms with Crippen molar-refractivity contribution >= 4 is 34.4 Å². The Morgan fingerprint density at radius 1 is 1.47 bits per heavy atom. The summed E-state index contributed by atoms with van der Waals surface area (Å²) in [4.78, 5) is 8.94. The highest BCUT2D eigenvalue weighted by Crippen LogP contribution is 2.29. The fourth-order valence-corrected chi connectivity index (χ4v) is 2.49. The average molecular weight is 302 g/mol. The zero-order valence-corrected chi connectivity index (χ0v) is 12.7. The highest BCUT2D eigenvalue weighted by atomic mass is 35.5. The fourth-order valence-electron chi connectivity index (χ4n) is 2.18. The monoisotopic (exact) mass is 301 g/mol. The normalized spacial score (nSPS) is 14.8. The van der Waals surface area contributed by atoms with Crippen LogP contribution in [0.3, 0.4) is 0 Å². The fraction of sp³-hybridized carbons (Fsp3) is 0.538. The predicted octanol–water partition coefficient (Wildman–Crippen LogP) is 3.98. The molecule has 104 valence electrons. The molecule has 0 N–H and O–H groups in total. The Bertz CT molecular complexity index is 568. The molecule has 0 spiro atoms. The smallest absolute Gasteiger partial charge is 0.160 e. The van der Waals surface area contributed by atoms with E-state index in [9.17, 15) is 0 Å². The minimum absolute atomic E-state index is 0.167. The van der Waals surface area contributed by atoms with E-state index < -0.39 is 0 Å². The van der Waals surface area contributed by atoms with E-state index in [0.29, 0.717) is 11.6 Å². The van der Waals surface area contributed by atoms with Gasteiger partial charge in [-0.15, -0.1) is 11.6 Å². The lowest BCUT2D eigenvalue weighted by Crippen LogP contribution is -2.17. The molecule has 2 atom stereocenters. The number of nitrogens with zero attached hydrogens (tertiary/aromatic N) is 3. The molecule has 2 aromatic rings. The van der Waals surface area contributed by atoms with Crippen LogP contribution in [-0.4, -0.2) is 28.3 Å². The number of hydrogen-bond acceptors (Lipinski definition) is 3. The molecule has 2 rings (SSSR count). The topological polar surface area (TPSA) is 39.9 Å². The van der Waals surface area contributed by atoms with Gasteiger partial charge in [-0.05, 0) is 19.4 Å². The molecule has 6 heteroatoms. The van der Waals surface area contributed by atoms with Crippen molar-refractivity contribution in [3.8, 4) is 0 Å². The lowest BCUT2D eigenvalue weighted by atomic mass is 10.2. The van der Waals surface area contributed by atoms with E-state index in [1.165, 1.54) is 0 Å². The van der Waals surface area contributed by atoms with Crippen LogP contribution in [-0.2, 0) is 4.74 Å². The number of rotatable bonds is 5. The quantitative estimate of drug-likeness (QED) is 0.784. The van der Waals surface area contributed by atoms with Crippen LogP contribution in [0.15, 0.2) is 12.3 Å². The van der Waals surface area contributed by atoms with Crippen LogP contribution in [0.5, 0.6) is 0 Å². The molecule has 4 nitrogen and oxygen atoms in total. The first-order valence-electron chi connectivity index (χ1n) is 6.24. The molecule has 0 fully saturated rings.